The van der Waals surface area contributed by atoms with Crippen molar-refractivity contribution in [1.82, 2.24) is 19.9 Å². The summed E-state index contributed by atoms with van der Waals surface area (Å²) in [6.45, 7) is 0. The van der Waals surface area contributed by atoms with Crippen LogP contribution in [0.3, 0.4) is 0 Å². The minimum absolute atomic E-state index is 0.0212. The van der Waals surface area contributed by atoms with Crippen molar-refractivity contribution in [2.24, 2.45) is 10.7 Å². The van der Waals surface area contributed by atoms with Gasteiger partial charge in [0.25, 0.3) is 5.91 Å². The minimum atomic E-state index is -6.44. The number of halogens is 8. The van der Waals surface area contributed by atoms with Crippen molar-refractivity contribution in [2.75, 3.05) is 14.1 Å². The van der Waals surface area contributed by atoms with Gasteiger partial charge in [0.05, 0.1) is 22.7 Å². The second-order valence-corrected chi connectivity index (χ2v) is 8.98. The third-order valence-corrected chi connectivity index (χ3v) is 6.65. The first-order valence-electron chi connectivity index (χ1n) is 10.1. The zero-order valence-electron chi connectivity index (χ0n) is 19.1. The average Bonchev–Trinajstić information content (AvgIpc) is 3.27. The maximum atomic E-state index is 13.7. The Morgan fingerprint density at radius 1 is 1.21 bits per heavy atom. The summed E-state index contributed by atoms with van der Waals surface area (Å²) in [7, 11) is 2.04. The molecule has 0 atom stereocenters. The highest BCUT2D eigenvalue weighted by molar-refractivity contribution is 7.16. The van der Waals surface area contributed by atoms with E-state index in [2.05, 4.69) is 15.3 Å². The molecule has 202 valence electrons. The summed E-state index contributed by atoms with van der Waals surface area (Å²) in [5.74, 6) is -8.26. The quantitative estimate of drug-likeness (QED) is 0.332. The molecule has 0 unspecified atom stereocenters. The average molecular weight is 566 g/mol. The third-order valence-electron chi connectivity index (χ3n) is 5.59. The fraction of sp³-hybridized carbons (Fsp3) is 0.400. The number of nitriles is 2. The van der Waals surface area contributed by atoms with Gasteiger partial charge in [-0.3, -0.25) is 9.79 Å². The smallest absolute Gasteiger partial charge is 0.396 e. The number of aliphatic imine (C=N–C) groups is 1. The van der Waals surface area contributed by atoms with Crippen molar-refractivity contribution in [3.05, 3.63) is 34.0 Å². The Kier molecular flexibility index (Phi) is 7.02. The predicted molar refractivity (Wildman–Crippen MR) is 115 cm³/mol. The molecule has 0 bridgehead atoms. The summed E-state index contributed by atoms with van der Waals surface area (Å²) in [6.07, 6.45) is -10.7. The standard InChI is InChI=1S/C20H14F8N8OS/c1-32-15(13(19(23,24)25)14(31)18(21,22)20(26,27)28)36-7-10(33-34-36)11-5-9(12(6-29)38-11)16(37)35(2)17(8-30)3-4-17/h5,7H,3-4,31H2,1-2H3. The fourth-order valence-corrected chi connectivity index (χ4v) is 4.19. The zero-order valence-corrected chi connectivity index (χ0v) is 19.9. The number of allylic oxidation sites excluding steroid dienone is 2. The number of rotatable bonds is 5. The minimum Gasteiger partial charge on any atom is -0.396 e. The van der Waals surface area contributed by atoms with Crippen LogP contribution < -0.4 is 5.73 Å². The van der Waals surface area contributed by atoms with Gasteiger partial charge in [-0.25, -0.2) is 4.68 Å². The summed E-state index contributed by atoms with van der Waals surface area (Å²) in [4.78, 5) is 17.1. The molecule has 0 spiro atoms. The lowest BCUT2D eigenvalue weighted by atomic mass is 10.1. The molecule has 0 saturated heterocycles. The van der Waals surface area contributed by atoms with E-state index < -0.39 is 46.8 Å². The van der Waals surface area contributed by atoms with Crippen LogP contribution in [-0.4, -0.2) is 69.5 Å². The van der Waals surface area contributed by atoms with E-state index in [-0.39, 0.29) is 25.7 Å². The van der Waals surface area contributed by atoms with Crippen LogP contribution in [0.25, 0.3) is 10.6 Å². The number of thiophene rings is 1. The van der Waals surface area contributed by atoms with Crippen LogP contribution in [0.1, 0.15) is 28.1 Å². The van der Waals surface area contributed by atoms with Gasteiger partial charge in [0.1, 0.15) is 33.4 Å². The summed E-state index contributed by atoms with van der Waals surface area (Å²) >= 11 is 0.683. The van der Waals surface area contributed by atoms with E-state index in [1.165, 1.54) is 13.1 Å². The van der Waals surface area contributed by atoms with Gasteiger partial charge < -0.3 is 10.6 Å². The van der Waals surface area contributed by atoms with Gasteiger partial charge in [-0.15, -0.1) is 16.4 Å². The second-order valence-electron chi connectivity index (χ2n) is 7.93. The van der Waals surface area contributed by atoms with Crippen LogP contribution in [0, 0.1) is 22.7 Å². The maximum Gasteiger partial charge on any atom is 0.459 e. The molecule has 3 rings (SSSR count). The molecule has 1 aliphatic carbocycles. The van der Waals surface area contributed by atoms with Gasteiger partial charge >= 0.3 is 18.3 Å². The number of nitrogens with zero attached hydrogens (tertiary/aromatic N) is 7. The lowest BCUT2D eigenvalue weighted by Crippen LogP contribution is -2.45. The molecule has 0 aromatic carbocycles. The van der Waals surface area contributed by atoms with Crippen LogP contribution in [0.2, 0.25) is 0 Å². The lowest BCUT2D eigenvalue weighted by Gasteiger charge is -2.24. The van der Waals surface area contributed by atoms with E-state index >= 15 is 0 Å². The molecule has 2 N–H and O–H groups in total. The molecule has 38 heavy (non-hydrogen) atoms. The first-order chi connectivity index (χ1) is 17.4. The molecular weight excluding hydrogens is 552 g/mol. The monoisotopic (exact) mass is 566 g/mol. The fourth-order valence-electron chi connectivity index (χ4n) is 3.29. The molecular formula is C20H14F8N8OS. The van der Waals surface area contributed by atoms with Gasteiger partial charge in [0, 0.05) is 14.1 Å². The van der Waals surface area contributed by atoms with Gasteiger partial charge in [-0.05, 0) is 18.9 Å². The van der Waals surface area contributed by atoms with Gasteiger partial charge in [0.15, 0.2) is 5.84 Å². The SMILES string of the molecule is CN=C(C(=C(N)C(F)(F)C(F)(F)F)C(F)(F)F)n1cc(-c2cc(C(=O)N(C)C3(C#N)CC3)c(C#N)s2)nn1. The van der Waals surface area contributed by atoms with E-state index in [9.17, 15) is 50.4 Å². The Morgan fingerprint density at radius 3 is 2.26 bits per heavy atom. The van der Waals surface area contributed by atoms with Gasteiger partial charge in [-0.1, -0.05) is 5.21 Å². The molecule has 0 aliphatic heterocycles. The number of alkyl halides is 8. The molecule has 1 fully saturated rings. The highest BCUT2D eigenvalue weighted by atomic mass is 32.1. The van der Waals surface area contributed by atoms with Crippen LogP contribution in [0.4, 0.5) is 35.1 Å². The van der Waals surface area contributed by atoms with E-state index in [0.29, 0.717) is 31.2 Å². The van der Waals surface area contributed by atoms with Crippen molar-refractivity contribution in [3.63, 3.8) is 0 Å². The number of carbonyl (C=O) groups excluding carboxylic acids is 1. The van der Waals surface area contributed by atoms with Crippen molar-refractivity contribution in [2.45, 2.75) is 36.7 Å². The summed E-state index contributed by atoms with van der Waals surface area (Å²) < 4.78 is 107. The van der Waals surface area contributed by atoms with E-state index in [4.69, 9.17) is 5.73 Å². The predicted octanol–water partition coefficient (Wildman–Crippen LogP) is 3.86. The van der Waals surface area contributed by atoms with Gasteiger partial charge in [-0.2, -0.15) is 45.6 Å². The molecule has 18 heteroatoms. The maximum absolute atomic E-state index is 13.7. The number of amides is 1. The van der Waals surface area contributed by atoms with Gasteiger partial charge in [0.2, 0.25) is 0 Å². The molecule has 2 heterocycles. The number of carbonyl (C=O) groups is 1. The van der Waals surface area contributed by atoms with Crippen LogP contribution >= 0.6 is 11.3 Å². The first kappa shape index (κ1) is 28.5. The van der Waals surface area contributed by atoms with Crippen molar-refractivity contribution in [1.29, 1.82) is 10.5 Å². The summed E-state index contributed by atoms with van der Waals surface area (Å²) in [5, 5.41) is 25.7. The molecule has 1 amide bonds. The molecule has 2 aromatic rings. The highest BCUT2D eigenvalue weighted by Gasteiger charge is 2.62. The largest absolute Gasteiger partial charge is 0.459 e. The summed E-state index contributed by atoms with van der Waals surface area (Å²) in [6, 6.07) is 4.96. The van der Waals surface area contributed by atoms with Crippen molar-refractivity contribution < 1.29 is 39.9 Å². The van der Waals surface area contributed by atoms with E-state index in [0.717, 1.165) is 11.1 Å². The number of aromatic nitrogens is 3. The molecule has 1 saturated carbocycles. The third kappa shape index (κ3) is 4.78. The number of nitrogens with two attached hydrogens (primary N) is 1. The lowest BCUT2D eigenvalue weighted by molar-refractivity contribution is -0.265. The number of hydrogen-bond donors (Lipinski definition) is 1. The van der Waals surface area contributed by atoms with Crippen molar-refractivity contribution in [3.8, 4) is 22.7 Å². The normalized spacial score (nSPS) is 16.4. The zero-order chi connectivity index (χ0) is 28.8. The molecule has 9 nitrogen and oxygen atoms in total. The Balaban J connectivity index is 2.07. The van der Waals surface area contributed by atoms with E-state index in [1.807, 2.05) is 6.07 Å². The Morgan fingerprint density at radius 2 is 1.82 bits per heavy atom. The topological polar surface area (TPSA) is 137 Å². The Hall–Kier alpha value is -4.06. The highest BCUT2D eigenvalue weighted by Crippen LogP contribution is 2.44. The van der Waals surface area contributed by atoms with E-state index in [1.54, 1.807) is 6.07 Å². The molecule has 2 aromatic heterocycles. The van der Waals surface area contributed by atoms with Crippen LogP contribution in [-0.2, 0) is 0 Å². The van der Waals surface area contributed by atoms with Crippen LogP contribution in [0.5, 0.6) is 0 Å². The molecule has 1 aliphatic rings. The number of hydrogen-bond acceptors (Lipinski definition) is 8. The Labute approximate surface area is 212 Å². The summed E-state index contributed by atoms with van der Waals surface area (Å²) in [5.41, 5.74) is -2.17. The van der Waals surface area contributed by atoms with Crippen molar-refractivity contribution >= 4 is 23.1 Å². The second kappa shape index (κ2) is 9.35. The Bertz CT molecular complexity index is 1420. The first-order valence-corrected chi connectivity index (χ1v) is 10.9. The van der Waals surface area contributed by atoms with Crippen LogP contribution in [0.15, 0.2) is 28.5 Å². The molecule has 0 radical (unpaired) electrons.